The lowest BCUT2D eigenvalue weighted by atomic mass is 9.77. The van der Waals surface area contributed by atoms with Gasteiger partial charge in [-0.05, 0) is 66.6 Å². The number of halogens is 1. The van der Waals surface area contributed by atoms with Crippen molar-refractivity contribution in [3.05, 3.63) is 77.0 Å². The molecule has 172 valence electrons. The van der Waals surface area contributed by atoms with Crippen LogP contribution in [0.25, 0.3) is 27.6 Å². The number of H-pyrrole nitrogens is 1. The Kier molecular flexibility index (Phi) is 4.91. The van der Waals surface area contributed by atoms with Crippen LogP contribution in [0.3, 0.4) is 0 Å². The standard InChI is InChI=1S/C26H24FN5O2/c27-21-12-19(18-4-1-16-7-9-28-14-20(16)11-18)5-6-22(21)32-23(30-31-25(32)34)13-26(8-10-29-15-26)24(33)17-2-3-17/h1,4-7,9,11-12,14,17,29H,2-3,8,10,13,15H2,(H,31,34)/t26-/m0/s1. The molecule has 1 atom stereocenters. The molecule has 2 aromatic heterocycles. The summed E-state index contributed by atoms with van der Waals surface area (Å²) >= 11 is 0. The monoisotopic (exact) mass is 457 g/mol. The van der Waals surface area contributed by atoms with Crippen molar-refractivity contribution >= 4 is 16.6 Å². The molecule has 0 spiro atoms. The molecule has 0 amide bonds. The average Bonchev–Trinajstić information content (AvgIpc) is 3.50. The van der Waals surface area contributed by atoms with Gasteiger partial charge in [0, 0.05) is 42.1 Å². The fourth-order valence-electron chi connectivity index (χ4n) is 5.10. The topological polar surface area (TPSA) is 92.7 Å². The van der Waals surface area contributed by atoms with Crippen LogP contribution < -0.4 is 11.0 Å². The van der Waals surface area contributed by atoms with Crippen molar-refractivity contribution in [3.63, 3.8) is 0 Å². The van der Waals surface area contributed by atoms with Gasteiger partial charge in [-0.1, -0.05) is 18.2 Å². The van der Waals surface area contributed by atoms with Gasteiger partial charge >= 0.3 is 5.69 Å². The van der Waals surface area contributed by atoms with E-state index in [9.17, 15) is 9.59 Å². The van der Waals surface area contributed by atoms with Gasteiger partial charge in [0.05, 0.1) is 5.69 Å². The van der Waals surface area contributed by atoms with E-state index >= 15 is 4.39 Å². The lowest BCUT2D eigenvalue weighted by Gasteiger charge is -2.26. The molecule has 1 aliphatic carbocycles. The van der Waals surface area contributed by atoms with Crippen LogP contribution in [0.1, 0.15) is 25.1 Å². The Bertz CT molecular complexity index is 1460. The van der Waals surface area contributed by atoms with Crippen molar-refractivity contribution < 1.29 is 9.18 Å². The van der Waals surface area contributed by atoms with Crippen molar-refractivity contribution in [2.24, 2.45) is 11.3 Å². The number of ketones is 1. The van der Waals surface area contributed by atoms with E-state index in [1.54, 1.807) is 24.5 Å². The first kappa shape index (κ1) is 20.9. The number of fused-ring (bicyclic) bond motifs is 1. The first-order valence-electron chi connectivity index (χ1n) is 11.6. The maximum Gasteiger partial charge on any atom is 0.348 e. The molecule has 34 heavy (non-hydrogen) atoms. The molecular formula is C26H24FN5O2. The van der Waals surface area contributed by atoms with Crippen LogP contribution in [0.4, 0.5) is 4.39 Å². The summed E-state index contributed by atoms with van der Waals surface area (Å²) in [5.41, 5.74) is 0.570. The predicted molar refractivity (Wildman–Crippen MR) is 126 cm³/mol. The highest BCUT2D eigenvalue weighted by Crippen LogP contribution is 2.42. The van der Waals surface area contributed by atoms with E-state index in [4.69, 9.17) is 0 Å². The minimum absolute atomic E-state index is 0.104. The third-order valence-corrected chi connectivity index (χ3v) is 7.12. The normalized spacial score (nSPS) is 20.1. The van der Waals surface area contributed by atoms with Crippen LogP contribution in [0.2, 0.25) is 0 Å². The van der Waals surface area contributed by atoms with Gasteiger partial charge in [-0.2, -0.15) is 5.10 Å². The third-order valence-electron chi connectivity index (χ3n) is 7.12. The van der Waals surface area contributed by atoms with E-state index < -0.39 is 16.9 Å². The molecule has 2 N–H and O–H groups in total. The summed E-state index contributed by atoms with van der Waals surface area (Å²) in [6, 6.07) is 12.6. The molecule has 1 saturated carbocycles. The number of hydrogen-bond acceptors (Lipinski definition) is 5. The lowest BCUT2D eigenvalue weighted by Crippen LogP contribution is -2.38. The van der Waals surface area contributed by atoms with Crippen LogP contribution in [0.5, 0.6) is 0 Å². The molecular weight excluding hydrogens is 433 g/mol. The number of rotatable bonds is 6. The van der Waals surface area contributed by atoms with Gasteiger partial charge in [0.1, 0.15) is 17.4 Å². The Morgan fingerprint density at radius 1 is 1.12 bits per heavy atom. The highest BCUT2D eigenvalue weighted by atomic mass is 19.1. The molecule has 8 heteroatoms. The van der Waals surface area contributed by atoms with E-state index in [1.807, 2.05) is 24.3 Å². The molecule has 2 fully saturated rings. The minimum Gasteiger partial charge on any atom is -0.316 e. The minimum atomic E-state index is -0.597. The lowest BCUT2D eigenvalue weighted by molar-refractivity contribution is -0.129. The molecule has 6 rings (SSSR count). The van der Waals surface area contributed by atoms with Crippen LogP contribution in [-0.2, 0) is 11.2 Å². The van der Waals surface area contributed by atoms with Crippen molar-refractivity contribution in [3.8, 4) is 16.8 Å². The zero-order valence-electron chi connectivity index (χ0n) is 18.6. The largest absolute Gasteiger partial charge is 0.348 e. The second-order valence-electron chi connectivity index (χ2n) is 9.41. The summed E-state index contributed by atoms with van der Waals surface area (Å²) in [7, 11) is 0. The summed E-state index contributed by atoms with van der Waals surface area (Å²) in [5, 5.41) is 12.0. The van der Waals surface area contributed by atoms with Gasteiger partial charge in [-0.3, -0.25) is 9.78 Å². The Morgan fingerprint density at radius 3 is 2.71 bits per heavy atom. The second-order valence-corrected chi connectivity index (χ2v) is 9.41. The highest BCUT2D eigenvalue weighted by Gasteiger charge is 2.48. The summed E-state index contributed by atoms with van der Waals surface area (Å²) in [6.07, 6.45) is 6.36. The number of Topliss-reactive ketones (excluding diaryl/α,β-unsaturated/α-hetero) is 1. The van der Waals surface area contributed by atoms with Gasteiger partial charge in [0.25, 0.3) is 0 Å². The SMILES string of the molecule is O=C(C1CC1)[C@]1(Cc2n[nH]c(=O)n2-c2ccc(-c3ccc4ccncc4c3)cc2F)CCNC1. The summed E-state index contributed by atoms with van der Waals surface area (Å²) in [4.78, 5) is 29.9. The maximum absolute atomic E-state index is 15.4. The highest BCUT2D eigenvalue weighted by molar-refractivity contribution is 5.90. The van der Waals surface area contributed by atoms with E-state index in [0.29, 0.717) is 30.8 Å². The zero-order valence-corrected chi connectivity index (χ0v) is 18.6. The fraction of sp³-hybridized carbons (Fsp3) is 0.308. The van der Waals surface area contributed by atoms with E-state index in [2.05, 4.69) is 20.5 Å². The fourth-order valence-corrected chi connectivity index (χ4v) is 5.10. The molecule has 0 radical (unpaired) electrons. The van der Waals surface area contributed by atoms with Gasteiger partial charge < -0.3 is 5.32 Å². The number of benzene rings is 2. The quantitative estimate of drug-likeness (QED) is 0.463. The first-order valence-corrected chi connectivity index (χ1v) is 11.6. The molecule has 1 saturated heterocycles. The van der Waals surface area contributed by atoms with Crippen LogP contribution in [-0.4, -0.2) is 38.6 Å². The summed E-state index contributed by atoms with van der Waals surface area (Å²) in [6.45, 7) is 1.30. The molecule has 0 unspecified atom stereocenters. The van der Waals surface area contributed by atoms with Crippen molar-refractivity contribution in [2.75, 3.05) is 13.1 Å². The Labute approximate surface area is 195 Å². The summed E-state index contributed by atoms with van der Waals surface area (Å²) in [5.74, 6) is 0.195. The van der Waals surface area contributed by atoms with Crippen LogP contribution in [0.15, 0.2) is 59.7 Å². The van der Waals surface area contributed by atoms with E-state index in [-0.39, 0.29) is 17.4 Å². The zero-order chi connectivity index (χ0) is 23.3. The summed E-state index contributed by atoms with van der Waals surface area (Å²) < 4.78 is 16.7. The van der Waals surface area contributed by atoms with Crippen molar-refractivity contribution in [1.29, 1.82) is 0 Å². The Hall–Kier alpha value is -3.65. The van der Waals surface area contributed by atoms with Gasteiger partial charge in [0.15, 0.2) is 0 Å². The van der Waals surface area contributed by atoms with Gasteiger partial charge in [-0.25, -0.2) is 18.9 Å². The van der Waals surface area contributed by atoms with Gasteiger partial charge in [0.2, 0.25) is 0 Å². The number of hydrogen-bond donors (Lipinski definition) is 2. The van der Waals surface area contributed by atoms with Crippen LogP contribution >= 0.6 is 0 Å². The molecule has 1 aliphatic heterocycles. The molecule has 2 aliphatic rings. The van der Waals surface area contributed by atoms with E-state index in [0.717, 1.165) is 35.7 Å². The molecule has 0 bridgehead atoms. The number of aromatic nitrogens is 4. The second kappa shape index (κ2) is 7.99. The van der Waals surface area contributed by atoms with Crippen LogP contribution in [0, 0.1) is 17.2 Å². The average molecular weight is 458 g/mol. The number of pyridine rings is 1. The number of nitrogens with zero attached hydrogens (tertiary/aromatic N) is 3. The number of carbonyl (C=O) groups excluding carboxylic acids is 1. The van der Waals surface area contributed by atoms with Crippen molar-refractivity contribution in [1.82, 2.24) is 25.1 Å². The Morgan fingerprint density at radius 2 is 1.94 bits per heavy atom. The van der Waals surface area contributed by atoms with E-state index in [1.165, 1.54) is 10.6 Å². The molecule has 4 aromatic rings. The smallest absolute Gasteiger partial charge is 0.316 e. The number of aromatic amines is 1. The molecule has 3 heterocycles. The number of nitrogens with one attached hydrogen (secondary N) is 2. The maximum atomic E-state index is 15.4. The molecule has 7 nitrogen and oxygen atoms in total. The first-order chi connectivity index (χ1) is 16.5. The third kappa shape index (κ3) is 3.54. The Balaban J connectivity index is 1.36. The van der Waals surface area contributed by atoms with Crippen molar-refractivity contribution in [2.45, 2.75) is 25.7 Å². The predicted octanol–water partition coefficient (Wildman–Crippen LogP) is 3.42. The number of carbonyl (C=O) groups is 1. The van der Waals surface area contributed by atoms with Gasteiger partial charge in [-0.15, -0.1) is 0 Å². The molecule has 2 aromatic carbocycles.